The smallest absolute Gasteiger partial charge is 0.303 e. The largest absolute Gasteiger partial charge is 0.453 e. The Hall–Kier alpha value is -4.29. The molecule has 6 rings (SSSR count). The predicted molar refractivity (Wildman–Crippen MR) is 180 cm³/mol. The van der Waals surface area contributed by atoms with Gasteiger partial charge in [-0.25, -0.2) is 0 Å². The average Bonchev–Trinajstić information content (AvgIpc) is 3.41. The number of ether oxygens (including phenoxy) is 3. The highest BCUT2D eigenvalue weighted by Gasteiger charge is 2.51. The number of esters is 1. The molecule has 3 heterocycles. The molecule has 3 aromatic carbocycles. The van der Waals surface area contributed by atoms with Crippen molar-refractivity contribution in [2.75, 3.05) is 36.5 Å². The SMILES string of the molecule is CC(=O)O[C@@H](C)C(=O)Nc1cccc([C@@H]2O[C@H](CN3CCC4(CC3)C(=O)NCN4c3ccccc3)[C@H](C)[C@H](c3ccc(CO)cc3)O2)c1. The van der Waals surface area contributed by atoms with Gasteiger partial charge < -0.3 is 39.8 Å². The van der Waals surface area contributed by atoms with E-state index < -0.39 is 29.8 Å². The lowest BCUT2D eigenvalue weighted by atomic mass is 9.84. The molecule has 0 aliphatic carbocycles. The Balaban J connectivity index is 1.20. The summed E-state index contributed by atoms with van der Waals surface area (Å²) in [5.41, 5.74) is 3.54. The van der Waals surface area contributed by atoms with Crippen LogP contribution in [0, 0.1) is 5.92 Å². The zero-order valence-corrected chi connectivity index (χ0v) is 27.6. The van der Waals surface area contributed by atoms with Gasteiger partial charge in [0, 0.05) is 49.4 Å². The number of rotatable bonds is 9. The first kappa shape index (κ1) is 33.6. The number of piperidine rings is 1. The summed E-state index contributed by atoms with van der Waals surface area (Å²) in [6.07, 6.45) is -0.757. The minimum absolute atomic E-state index is 0.0137. The van der Waals surface area contributed by atoms with Crippen LogP contribution in [-0.4, -0.2) is 71.8 Å². The summed E-state index contributed by atoms with van der Waals surface area (Å²) in [5, 5.41) is 15.5. The van der Waals surface area contributed by atoms with Gasteiger partial charge in [0.1, 0.15) is 5.54 Å². The van der Waals surface area contributed by atoms with Crippen LogP contribution in [0.1, 0.15) is 62.7 Å². The first-order chi connectivity index (χ1) is 23.2. The molecule has 5 atom stereocenters. The van der Waals surface area contributed by atoms with Crippen molar-refractivity contribution in [3.05, 3.63) is 95.6 Å². The van der Waals surface area contributed by atoms with E-state index in [1.54, 1.807) is 6.07 Å². The molecule has 3 fully saturated rings. The molecule has 1 spiro atoms. The number of anilines is 2. The van der Waals surface area contributed by atoms with E-state index in [0.29, 0.717) is 31.7 Å². The first-order valence-electron chi connectivity index (χ1n) is 16.6. The van der Waals surface area contributed by atoms with E-state index in [2.05, 4.69) is 39.5 Å². The first-order valence-corrected chi connectivity index (χ1v) is 16.6. The zero-order valence-electron chi connectivity index (χ0n) is 27.6. The third kappa shape index (κ3) is 7.09. The summed E-state index contributed by atoms with van der Waals surface area (Å²) >= 11 is 0. The standard InChI is InChI=1S/C37H44N4O7/c1-24-32(21-40-18-16-37(17-19-40)36(45)38-23-41(37)31-10-5-4-6-11-31)47-35(48-33(24)28-14-12-27(22-42)13-15-28)29-8-7-9-30(20-29)39-34(44)25(2)46-26(3)43/h4-15,20,24-25,32-33,35,42H,16-19,21-23H2,1-3H3,(H,38,45)(H,39,44)/t24-,25-,32+,33+,35+/m0/s1. The normalized spacial score (nSPS) is 24.6. The predicted octanol–water partition coefficient (Wildman–Crippen LogP) is 4.29. The molecule has 2 amide bonds. The van der Waals surface area contributed by atoms with Crippen molar-refractivity contribution in [2.45, 2.75) is 70.4 Å². The number of likely N-dealkylation sites (tertiary alicyclic amines) is 1. The monoisotopic (exact) mass is 656 g/mol. The third-order valence-electron chi connectivity index (χ3n) is 9.79. The number of hydrogen-bond donors (Lipinski definition) is 3. The fraction of sp³-hybridized carbons (Fsp3) is 0.432. The maximum atomic E-state index is 13.2. The van der Waals surface area contributed by atoms with Gasteiger partial charge in [-0.1, -0.05) is 61.5 Å². The second kappa shape index (κ2) is 14.4. The van der Waals surface area contributed by atoms with Crippen molar-refractivity contribution in [3.63, 3.8) is 0 Å². The Morgan fingerprint density at radius 1 is 1.02 bits per heavy atom. The van der Waals surface area contributed by atoms with Gasteiger partial charge in [-0.05, 0) is 55.2 Å². The lowest BCUT2D eigenvalue weighted by Gasteiger charge is -2.46. The summed E-state index contributed by atoms with van der Waals surface area (Å²) in [4.78, 5) is 41.8. The Kier molecular flexibility index (Phi) is 10.1. The van der Waals surface area contributed by atoms with Crippen LogP contribution in [0.2, 0.25) is 0 Å². The maximum absolute atomic E-state index is 13.2. The van der Waals surface area contributed by atoms with E-state index in [-0.39, 0.29) is 30.6 Å². The van der Waals surface area contributed by atoms with Gasteiger partial charge in [-0.2, -0.15) is 0 Å². The van der Waals surface area contributed by atoms with E-state index in [0.717, 1.165) is 35.5 Å². The molecule has 3 aromatic rings. The van der Waals surface area contributed by atoms with Gasteiger partial charge in [0.25, 0.3) is 5.91 Å². The summed E-state index contributed by atoms with van der Waals surface area (Å²) in [5.74, 6) is -0.897. The van der Waals surface area contributed by atoms with Crippen molar-refractivity contribution < 1.29 is 33.7 Å². The minimum Gasteiger partial charge on any atom is -0.453 e. The van der Waals surface area contributed by atoms with E-state index >= 15 is 0 Å². The van der Waals surface area contributed by atoms with Crippen LogP contribution in [0.4, 0.5) is 11.4 Å². The topological polar surface area (TPSA) is 130 Å². The number of carbonyl (C=O) groups excluding carboxylic acids is 3. The van der Waals surface area contributed by atoms with Crippen molar-refractivity contribution >= 4 is 29.2 Å². The highest BCUT2D eigenvalue weighted by Crippen LogP contribution is 2.43. The highest BCUT2D eigenvalue weighted by atomic mass is 16.7. The number of nitrogens with one attached hydrogen (secondary N) is 2. The van der Waals surface area contributed by atoms with Crippen LogP contribution in [-0.2, 0) is 35.2 Å². The fourth-order valence-electron chi connectivity index (χ4n) is 7.03. The van der Waals surface area contributed by atoms with Gasteiger partial charge in [0.2, 0.25) is 5.91 Å². The maximum Gasteiger partial charge on any atom is 0.303 e. The molecule has 0 radical (unpaired) electrons. The summed E-state index contributed by atoms with van der Waals surface area (Å²) in [6, 6.07) is 25.2. The number of aliphatic hydroxyl groups excluding tert-OH is 1. The number of para-hydroxylation sites is 1. The molecule has 0 bridgehead atoms. The van der Waals surface area contributed by atoms with Gasteiger partial charge in [0.05, 0.1) is 25.5 Å². The van der Waals surface area contributed by atoms with E-state index in [9.17, 15) is 19.5 Å². The van der Waals surface area contributed by atoms with Crippen molar-refractivity contribution in [3.8, 4) is 0 Å². The molecule has 254 valence electrons. The Labute approximate surface area is 281 Å². The van der Waals surface area contributed by atoms with Crippen LogP contribution in [0.25, 0.3) is 0 Å². The van der Waals surface area contributed by atoms with E-state index in [1.807, 2.05) is 60.7 Å². The Morgan fingerprint density at radius 3 is 2.44 bits per heavy atom. The van der Waals surface area contributed by atoms with Gasteiger partial charge in [-0.3, -0.25) is 14.4 Å². The fourth-order valence-corrected chi connectivity index (χ4v) is 7.03. The molecular formula is C37H44N4O7. The molecule has 3 aliphatic rings. The molecule has 11 heteroatoms. The molecule has 0 unspecified atom stereocenters. The molecule has 48 heavy (non-hydrogen) atoms. The molecule has 3 saturated heterocycles. The molecule has 3 aliphatic heterocycles. The number of aliphatic hydroxyl groups is 1. The van der Waals surface area contributed by atoms with Crippen LogP contribution in [0.15, 0.2) is 78.9 Å². The summed E-state index contributed by atoms with van der Waals surface area (Å²) in [7, 11) is 0. The second-order valence-corrected chi connectivity index (χ2v) is 12.9. The van der Waals surface area contributed by atoms with Crippen LogP contribution in [0.5, 0.6) is 0 Å². The number of nitrogens with zero attached hydrogens (tertiary/aromatic N) is 2. The zero-order chi connectivity index (χ0) is 33.8. The Bertz CT molecular complexity index is 1590. The van der Waals surface area contributed by atoms with E-state index in [1.165, 1.54) is 13.8 Å². The summed E-state index contributed by atoms with van der Waals surface area (Å²) < 4.78 is 18.4. The molecule has 0 aromatic heterocycles. The number of amides is 2. The van der Waals surface area contributed by atoms with Crippen molar-refractivity contribution in [2.24, 2.45) is 5.92 Å². The number of hydrogen-bond acceptors (Lipinski definition) is 9. The number of benzene rings is 3. The van der Waals surface area contributed by atoms with Crippen molar-refractivity contribution in [1.29, 1.82) is 0 Å². The van der Waals surface area contributed by atoms with Gasteiger partial charge in [0.15, 0.2) is 12.4 Å². The van der Waals surface area contributed by atoms with Gasteiger partial charge in [-0.15, -0.1) is 0 Å². The molecule has 3 N–H and O–H groups in total. The van der Waals surface area contributed by atoms with Crippen LogP contribution >= 0.6 is 0 Å². The minimum atomic E-state index is -0.941. The lowest BCUT2D eigenvalue weighted by molar-refractivity contribution is -0.276. The quantitative estimate of drug-likeness (QED) is 0.289. The molecular weight excluding hydrogens is 612 g/mol. The van der Waals surface area contributed by atoms with Crippen LogP contribution < -0.4 is 15.5 Å². The molecule has 0 saturated carbocycles. The second-order valence-electron chi connectivity index (χ2n) is 12.9. The average molecular weight is 657 g/mol. The van der Waals surface area contributed by atoms with Gasteiger partial charge >= 0.3 is 5.97 Å². The number of carbonyl (C=O) groups is 3. The van der Waals surface area contributed by atoms with Crippen molar-refractivity contribution in [1.82, 2.24) is 10.2 Å². The molecule has 11 nitrogen and oxygen atoms in total. The Morgan fingerprint density at radius 2 is 1.75 bits per heavy atom. The lowest BCUT2D eigenvalue weighted by Crippen LogP contribution is -2.57. The highest BCUT2D eigenvalue weighted by molar-refractivity contribution is 5.95. The summed E-state index contributed by atoms with van der Waals surface area (Å²) in [6.45, 7) is 7.52. The third-order valence-corrected chi connectivity index (χ3v) is 9.79. The van der Waals surface area contributed by atoms with E-state index in [4.69, 9.17) is 14.2 Å². The van der Waals surface area contributed by atoms with Crippen LogP contribution in [0.3, 0.4) is 0 Å².